The summed E-state index contributed by atoms with van der Waals surface area (Å²) in [5.74, 6) is 0.658. The molecule has 1 saturated carbocycles. The Morgan fingerprint density at radius 3 is 2.42 bits per heavy atom. The molecule has 0 radical (unpaired) electrons. The number of hydrogen-bond donors (Lipinski definition) is 1. The first-order chi connectivity index (χ1) is 15.1. The van der Waals surface area contributed by atoms with E-state index in [0.29, 0.717) is 13.0 Å². The molecule has 2 amide bonds. The predicted octanol–water partition coefficient (Wildman–Crippen LogP) is 4.49. The number of amides is 2. The third-order valence-electron chi connectivity index (χ3n) is 6.02. The standard InChI is InChI=1S/C26H34N2O3/c1-3-24(26(30)27-22-14-8-5-9-15-22)28(19-21-13-10-16-23(17-21)31-2)25(29)18-20-11-6-4-7-12-20/h4,6-7,10-13,16-17,22,24H,3,5,8-9,14-15,18-19H2,1-2H3,(H,27,30)/t24-/m0/s1. The summed E-state index contributed by atoms with van der Waals surface area (Å²) >= 11 is 0. The highest BCUT2D eigenvalue weighted by Crippen LogP contribution is 2.21. The number of benzene rings is 2. The van der Waals surface area contributed by atoms with E-state index in [1.54, 1.807) is 12.0 Å². The van der Waals surface area contributed by atoms with Gasteiger partial charge in [0.05, 0.1) is 13.5 Å². The Bertz CT molecular complexity index is 847. The summed E-state index contributed by atoms with van der Waals surface area (Å²) in [5, 5.41) is 3.22. The molecule has 31 heavy (non-hydrogen) atoms. The summed E-state index contributed by atoms with van der Waals surface area (Å²) in [6.45, 7) is 2.35. The molecule has 0 aromatic heterocycles. The summed E-state index contributed by atoms with van der Waals surface area (Å²) in [6.07, 6.45) is 6.44. The molecule has 2 aromatic rings. The van der Waals surface area contributed by atoms with Crippen LogP contribution >= 0.6 is 0 Å². The first kappa shape index (κ1) is 22.9. The summed E-state index contributed by atoms with van der Waals surface area (Å²) in [7, 11) is 1.63. The molecule has 166 valence electrons. The molecule has 1 aliphatic carbocycles. The summed E-state index contributed by atoms with van der Waals surface area (Å²) in [6, 6.07) is 17.1. The molecule has 0 aliphatic heterocycles. The van der Waals surface area contributed by atoms with Crippen LogP contribution in [0.2, 0.25) is 0 Å². The molecular weight excluding hydrogens is 388 g/mol. The van der Waals surface area contributed by atoms with Crippen LogP contribution in [0, 0.1) is 0 Å². The van der Waals surface area contributed by atoms with Crippen molar-refractivity contribution in [1.29, 1.82) is 0 Å². The molecule has 0 heterocycles. The Kier molecular flexibility index (Phi) is 8.51. The average molecular weight is 423 g/mol. The van der Waals surface area contributed by atoms with Gasteiger partial charge in [-0.2, -0.15) is 0 Å². The van der Waals surface area contributed by atoms with Gasteiger partial charge in [0, 0.05) is 12.6 Å². The van der Waals surface area contributed by atoms with Crippen LogP contribution < -0.4 is 10.1 Å². The maximum Gasteiger partial charge on any atom is 0.243 e. The van der Waals surface area contributed by atoms with Crippen LogP contribution in [0.4, 0.5) is 0 Å². The van der Waals surface area contributed by atoms with Gasteiger partial charge in [-0.1, -0.05) is 68.7 Å². The number of ether oxygens (including phenoxy) is 1. The first-order valence-electron chi connectivity index (χ1n) is 11.4. The lowest BCUT2D eigenvalue weighted by atomic mass is 9.95. The number of nitrogens with one attached hydrogen (secondary N) is 1. The maximum atomic E-state index is 13.4. The number of rotatable bonds is 9. The highest BCUT2D eigenvalue weighted by molar-refractivity contribution is 5.88. The van der Waals surface area contributed by atoms with Crippen LogP contribution in [0.1, 0.15) is 56.6 Å². The summed E-state index contributed by atoms with van der Waals surface area (Å²) in [4.78, 5) is 28.3. The fourth-order valence-corrected chi connectivity index (χ4v) is 4.30. The largest absolute Gasteiger partial charge is 0.497 e. The number of carbonyl (C=O) groups excluding carboxylic acids is 2. The predicted molar refractivity (Wildman–Crippen MR) is 123 cm³/mol. The van der Waals surface area contributed by atoms with E-state index in [0.717, 1.165) is 42.6 Å². The number of carbonyl (C=O) groups is 2. The van der Waals surface area contributed by atoms with Crippen molar-refractivity contribution in [1.82, 2.24) is 10.2 Å². The Morgan fingerprint density at radius 2 is 1.74 bits per heavy atom. The van der Waals surface area contributed by atoms with E-state index in [1.807, 2.05) is 61.5 Å². The van der Waals surface area contributed by atoms with Gasteiger partial charge < -0.3 is 15.0 Å². The van der Waals surface area contributed by atoms with Gasteiger partial charge in [-0.15, -0.1) is 0 Å². The van der Waals surface area contributed by atoms with Crippen LogP contribution in [-0.4, -0.2) is 35.9 Å². The smallest absolute Gasteiger partial charge is 0.243 e. The molecule has 0 spiro atoms. The quantitative estimate of drug-likeness (QED) is 0.648. The van der Waals surface area contributed by atoms with Crippen LogP contribution in [0.15, 0.2) is 54.6 Å². The number of nitrogens with zero attached hydrogens (tertiary/aromatic N) is 1. The van der Waals surface area contributed by atoms with Crippen LogP contribution in [0.3, 0.4) is 0 Å². The molecule has 1 atom stereocenters. The van der Waals surface area contributed by atoms with Crippen LogP contribution in [0.25, 0.3) is 0 Å². The fourth-order valence-electron chi connectivity index (χ4n) is 4.30. The van der Waals surface area contributed by atoms with Gasteiger partial charge in [0.2, 0.25) is 11.8 Å². The second kappa shape index (κ2) is 11.5. The van der Waals surface area contributed by atoms with E-state index in [4.69, 9.17) is 4.74 Å². The van der Waals surface area contributed by atoms with Gasteiger partial charge in [0.15, 0.2) is 0 Å². The van der Waals surface area contributed by atoms with E-state index in [9.17, 15) is 9.59 Å². The Hall–Kier alpha value is -2.82. The molecule has 0 unspecified atom stereocenters. The zero-order chi connectivity index (χ0) is 22.1. The zero-order valence-corrected chi connectivity index (χ0v) is 18.7. The normalized spacial score (nSPS) is 15.2. The minimum atomic E-state index is -0.496. The Balaban J connectivity index is 1.80. The van der Waals surface area contributed by atoms with Crippen LogP contribution in [-0.2, 0) is 22.6 Å². The van der Waals surface area contributed by atoms with Crippen molar-refractivity contribution in [3.05, 3.63) is 65.7 Å². The van der Waals surface area contributed by atoms with E-state index in [1.165, 1.54) is 6.42 Å². The van der Waals surface area contributed by atoms with E-state index in [2.05, 4.69) is 5.32 Å². The van der Waals surface area contributed by atoms with Crippen molar-refractivity contribution in [2.75, 3.05) is 7.11 Å². The molecule has 1 aliphatic rings. The molecule has 1 fully saturated rings. The monoisotopic (exact) mass is 422 g/mol. The van der Waals surface area contributed by atoms with Gasteiger partial charge in [-0.25, -0.2) is 0 Å². The van der Waals surface area contributed by atoms with Crippen molar-refractivity contribution < 1.29 is 14.3 Å². The molecule has 2 aromatic carbocycles. The number of methoxy groups -OCH3 is 1. The van der Waals surface area contributed by atoms with E-state index < -0.39 is 6.04 Å². The second-order valence-electron chi connectivity index (χ2n) is 8.30. The lowest BCUT2D eigenvalue weighted by molar-refractivity contribution is -0.141. The van der Waals surface area contributed by atoms with Gasteiger partial charge in [0.25, 0.3) is 0 Å². The average Bonchev–Trinajstić information content (AvgIpc) is 2.80. The number of hydrogen-bond acceptors (Lipinski definition) is 3. The lowest BCUT2D eigenvalue weighted by Gasteiger charge is -2.33. The summed E-state index contributed by atoms with van der Waals surface area (Å²) < 4.78 is 5.34. The van der Waals surface area contributed by atoms with Crippen LogP contribution in [0.5, 0.6) is 5.75 Å². The van der Waals surface area contributed by atoms with Gasteiger partial charge in [-0.05, 0) is 42.5 Å². The second-order valence-corrected chi connectivity index (χ2v) is 8.30. The van der Waals surface area contributed by atoms with Crippen molar-refractivity contribution in [3.63, 3.8) is 0 Å². The van der Waals surface area contributed by atoms with Crippen molar-refractivity contribution in [2.24, 2.45) is 0 Å². The first-order valence-corrected chi connectivity index (χ1v) is 11.4. The van der Waals surface area contributed by atoms with Gasteiger partial charge >= 0.3 is 0 Å². The van der Waals surface area contributed by atoms with Gasteiger partial charge in [-0.3, -0.25) is 9.59 Å². The Morgan fingerprint density at radius 1 is 1.03 bits per heavy atom. The third-order valence-corrected chi connectivity index (χ3v) is 6.02. The van der Waals surface area contributed by atoms with Crippen molar-refractivity contribution in [3.8, 4) is 5.75 Å². The molecule has 5 nitrogen and oxygen atoms in total. The zero-order valence-electron chi connectivity index (χ0n) is 18.7. The molecule has 1 N–H and O–H groups in total. The van der Waals surface area contributed by atoms with E-state index >= 15 is 0 Å². The molecule has 3 rings (SSSR count). The highest BCUT2D eigenvalue weighted by atomic mass is 16.5. The van der Waals surface area contributed by atoms with Gasteiger partial charge in [0.1, 0.15) is 11.8 Å². The SMILES string of the molecule is CC[C@@H](C(=O)NC1CCCCC1)N(Cc1cccc(OC)c1)C(=O)Cc1ccccc1. The van der Waals surface area contributed by atoms with Crippen molar-refractivity contribution in [2.45, 2.75) is 70.5 Å². The Labute approximate surface area is 185 Å². The highest BCUT2D eigenvalue weighted by Gasteiger charge is 2.30. The molecule has 0 saturated heterocycles. The minimum absolute atomic E-state index is 0.0420. The summed E-state index contributed by atoms with van der Waals surface area (Å²) in [5.41, 5.74) is 1.90. The third kappa shape index (κ3) is 6.58. The molecule has 5 heteroatoms. The fraction of sp³-hybridized carbons (Fsp3) is 0.462. The molecular formula is C26H34N2O3. The van der Waals surface area contributed by atoms with E-state index in [-0.39, 0.29) is 24.3 Å². The minimum Gasteiger partial charge on any atom is -0.497 e. The van der Waals surface area contributed by atoms with Crippen molar-refractivity contribution >= 4 is 11.8 Å². The topological polar surface area (TPSA) is 58.6 Å². The lowest BCUT2D eigenvalue weighted by Crippen LogP contribution is -2.51. The maximum absolute atomic E-state index is 13.4. The molecule has 0 bridgehead atoms.